The van der Waals surface area contributed by atoms with Gasteiger partial charge >= 0.3 is 0 Å². The largest absolute Gasteiger partial charge is 0.0968 e. The molecular weight excluding hydrogens is 139 g/mol. The molecule has 0 aromatic rings. The first kappa shape index (κ1) is 9.50. The van der Waals surface area contributed by atoms with Gasteiger partial charge in [-0.05, 0) is 0 Å². The van der Waals surface area contributed by atoms with Crippen LogP contribution < -0.4 is 0 Å². The topological polar surface area (TPSA) is 0 Å². The van der Waals surface area contributed by atoms with Gasteiger partial charge in [0, 0.05) is 15.9 Å². The Bertz CT molecular complexity index is 76.2. The molecule has 0 fully saturated rings. The van der Waals surface area contributed by atoms with Crippen molar-refractivity contribution in [1.82, 2.24) is 0 Å². The molecule has 0 N–H and O–H groups in total. The van der Waals surface area contributed by atoms with E-state index in [0.29, 0.717) is 0 Å². The van der Waals surface area contributed by atoms with Gasteiger partial charge in [-0.2, -0.15) is 0 Å². The molecule has 0 rings (SSSR count). The van der Waals surface area contributed by atoms with Crippen LogP contribution in [0.2, 0.25) is 39.3 Å². The van der Waals surface area contributed by atoms with Crippen molar-refractivity contribution in [3.8, 4) is 0 Å². The van der Waals surface area contributed by atoms with Crippen molar-refractivity contribution in [2.45, 2.75) is 39.3 Å². The van der Waals surface area contributed by atoms with E-state index in [0.717, 1.165) is 0 Å². The minimum atomic E-state index is -0.856. The summed E-state index contributed by atoms with van der Waals surface area (Å²) in [4.78, 5) is 0. The number of hydrogen-bond acceptors (Lipinski definition) is 0. The molecular formula is C6H18BSi2. The first-order valence-electron chi connectivity index (χ1n) is 3.58. The summed E-state index contributed by atoms with van der Waals surface area (Å²) in [5.74, 6) is 0. The van der Waals surface area contributed by atoms with Gasteiger partial charge in [0.2, 0.25) is 0 Å². The van der Waals surface area contributed by atoms with Gasteiger partial charge in [-0.15, -0.1) is 0 Å². The normalized spacial score (nSPS) is 13.6. The molecule has 3 heteroatoms. The smallest absolute Gasteiger partial charge is 0.0757 e. The van der Waals surface area contributed by atoms with Gasteiger partial charge in [0.05, 0.1) is 6.46 Å². The zero-order valence-electron chi connectivity index (χ0n) is 7.58. The van der Waals surface area contributed by atoms with Crippen LogP contribution in [0, 0.1) is 0 Å². The fraction of sp³-hybridized carbons (Fsp3) is 1.00. The van der Waals surface area contributed by atoms with Gasteiger partial charge in [0.25, 0.3) is 0 Å². The van der Waals surface area contributed by atoms with Crippen LogP contribution >= 0.6 is 0 Å². The summed E-state index contributed by atoms with van der Waals surface area (Å²) in [6.07, 6.45) is 0. The van der Waals surface area contributed by atoms with Gasteiger partial charge in [-0.1, -0.05) is 39.3 Å². The summed E-state index contributed by atoms with van der Waals surface area (Å²) in [6, 6.07) is 0. The van der Waals surface area contributed by atoms with Crippen molar-refractivity contribution in [3.63, 3.8) is 0 Å². The molecule has 0 aliphatic carbocycles. The molecule has 9 heavy (non-hydrogen) atoms. The third kappa shape index (κ3) is 8.50. The molecule has 0 bridgehead atoms. The van der Waals surface area contributed by atoms with Crippen molar-refractivity contribution >= 4 is 22.4 Å². The molecule has 0 unspecified atom stereocenters. The van der Waals surface area contributed by atoms with Crippen LogP contribution in [-0.4, -0.2) is 22.4 Å². The molecule has 0 saturated heterocycles. The molecule has 0 aromatic heterocycles. The van der Waals surface area contributed by atoms with Crippen LogP contribution in [-0.2, 0) is 0 Å². The van der Waals surface area contributed by atoms with E-state index in [1.165, 1.54) is 0 Å². The van der Waals surface area contributed by atoms with Gasteiger partial charge in [-0.25, -0.2) is 0 Å². The maximum Gasteiger partial charge on any atom is 0.0968 e. The van der Waals surface area contributed by atoms with E-state index < -0.39 is 15.9 Å². The van der Waals surface area contributed by atoms with Crippen LogP contribution in [0.15, 0.2) is 0 Å². The van der Waals surface area contributed by atoms with E-state index in [9.17, 15) is 0 Å². The van der Waals surface area contributed by atoms with Gasteiger partial charge in [-0.3, -0.25) is 0 Å². The predicted molar refractivity (Wildman–Crippen MR) is 52.4 cm³/mol. The predicted octanol–water partition coefficient (Wildman–Crippen LogP) is 2.36. The monoisotopic (exact) mass is 157 g/mol. The average molecular weight is 157 g/mol. The Hall–Kier alpha value is 0.499. The highest BCUT2D eigenvalue weighted by molar-refractivity contribution is 7.52. The Labute approximate surface area is 62.2 Å². The Morgan fingerprint density at radius 3 is 0.889 bits per heavy atom. The van der Waals surface area contributed by atoms with Crippen LogP contribution in [0.3, 0.4) is 0 Å². The molecule has 0 aliphatic heterocycles. The first-order chi connectivity index (χ1) is 3.71. The van der Waals surface area contributed by atoms with Gasteiger partial charge in [0.15, 0.2) is 0 Å². The molecule has 53 valence electrons. The van der Waals surface area contributed by atoms with Crippen molar-refractivity contribution in [2.24, 2.45) is 0 Å². The highest BCUT2D eigenvalue weighted by Gasteiger charge is 2.24. The second kappa shape index (κ2) is 2.62. The molecule has 0 aromatic carbocycles. The highest BCUT2D eigenvalue weighted by Crippen LogP contribution is 2.07. The van der Waals surface area contributed by atoms with Crippen LogP contribution in [0.4, 0.5) is 0 Å². The molecule has 0 spiro atoms. The van der Waals surface area contributed by atoms with Crippen molar-refractivity contribution in [3.05, 3.63) is 0 Å². The first-order valence-corrected chi connectivity index (χ1v) is 10.7. The van der Waals surface area contributed by atoms with E-state index in [2.05, 4.69) is 45.7 Å². The minimum Gasteiger partial charge on any atom is -0.0757 e. The Kier molecular flexibility index (Phi) is 2.77. The second-order valence-electron chi connectivity index (χ2n) is 4.88. The summed E-state index contributed by atoms with van der Waals surface area (Å²) in [7, 11) is -1.71. The lowest BCUT2D eigenvalue weighted by Gasteiger charge is -2.24. The maximum atomic E-state index is 2.65. The molecule has 0 amide bonds. The van der Waals surface area contributed by atoms with Crippen molar-refractivity contribution in [1.29, 1.82) is 0 Å². The average Bonchev–Trinajstić information content (AvgIpc) is 1.14. The summed E-state index contributed by atoms with van der Waals surface area (Å²) in [5, 5.41) is 0. The highest BCUT2D eigenvalue weighted by atomic mass is 28.4. The minimum absolute atomic E-state index is 0.856. The SMILES string of the molecule is C[Si](C)(C)[B][Si](C)(C)C. The lowest BCUT2D eigenvalue weighted by atomic mass is 10.7. The van der Waals surface area contributed by atoms with E-state index in [4.69, 9.17) is 0 Å². The zero-order chi connectivity index (χ0) is 7.71. The molecule has 0 heterocycles. The van der Waals surface area contributed by atoms with E-state index in [1.54, 1.807) is 0 Å². The van der Waals surface area contributed by atoms with Crippen LogP contribution in [0.25, 0.3) is 0 Å². The van der Waals surface area contributed by atoms with Crippen LogP contribution in [0.5, 0.6) is 0 Å². The summed E-state index contributed by atoms with van der Waals surface area (Å²) < 4.78 is 0. The fourth-order valence-corrected chi connectivity index (χ4v) is 11.7. The Morgan fingerprint density at radius 1 is 0.667 bits per heavy atom. The number of hydrogen-bond donors (Lipinski definition) is 0. The summed E-state index contributed by atoms with van der Waals surface area (Å²) in [5.41, 5.74) is 0. The molecule has 0 nitrogen and oxygen atoms in total. The maximum absolute atomic E-state index is 2.65. The molecule has 1 radical (unpaired) electrons. The summed E-state index contributed by atoms with van der Waals surface area (Å²) >= 11 is 0. The van der Waals surface area contributed by atoms with Crippen molar-refractivity contribution in [2.75, 3.05) is 0 Å². The number of rotatable bonds is 2. The Balaban J connectivity index is 3.75. The molecule has 0 atom stereocenters. The third-order valence-electron chi connectivity index (χ3n) is 0.866. The molecule has 0 aliphatic rings. The van der Waals surface area contributed by atoms with E-state index in [1.807, 2.05) is 0 Å². The van der Waals surface area contributed by atoms with Gasteiger partial charge < -0.3 is 0 Å². The zero-order valence-corrected chi connectivity index (χ0v) is 9.58. The Morgan fingerprint density at radius 2 is 0.889 bits per heavy atom. The lowest BCUT2D eigenvalue weighted by molar-refractivity contribution is 1.82. The molecule has 0 saturated carbocycles. The standard InChI is InChI=1S/C6H18BSi2/c1-8(2,3)7-9(4,5)6/h1-6H3. The fourth-order valence-electron chi connectivity index (χ4n) is 1.30. The van der Waals surface area contributed by atoms with Crippen molar-refractivity contribution < 1.29 is 0 Å². The summed E-state index contributed by atoms with van der Waals surface area (Å²) in [6.45, 7) is 17.1. The van der Waals surface area contributed by atoms with Crippen LogP contribution in [0.1, 0.15) is 0 Å². The van der Waals surface area contributed by atoms with E-state index >= 15 is 0 Å². The van der Waals surface area contributed by atoms with Gasteiger partial charge in [0.1, 0.15) is 0 Å². The third-order valence-corrected chi connectivity index (χ3v) is 7.79. The van der Waals surface area contributed by atoms with E-state index in [-0.39, 0.29) is 0 Å². The lowest BCUT2D eigenvalue weighted by Crippen LogP contribution is -2.46. The second-order valence-corrected chi connectivity index (χ2v) is 15.5. The quantitative estimate of drug-likeness (QED) is 0.540.